The SMILES string of the molecule is CCc1ccc(CN(C)C(=O)Cn2nc(C)c(C)c(C#N)c2=O)cc1. The van der Waals surface area contributed by atoms with Crippen molar-refractivity contribution in [2.24, 2.45) is 0 Å². The number of amides is 1. The van der Waals surface area contributed by atoms with Crippen molar-refractivity contribution in [2.45, 2.75) is 40.3 Å². The van der Waals surface area contributed by atoms with Crippen LogP contribution in [0.4, 0.5) is 0 Å². The number of hydrogen-bond acceptors (Lipinski definition) is 4. The molecule has 0 saturated heterocycles. The fraction of sp³-hybridized carbons (Fsp3) is 0.368. The van der Waals surface area contributed by atoms with Gasteiger partial charge in [0.2, 0.25) is 5.91 Å². The Kier molecular flexibility index (Phi) is 5.71. The predicted octanol–water partition coefficient (Wildman–Crippen LogP) is 1.95. The first-order chi connectivity index (χ1) is 11.9. The fourth-order valence-corrected chi connectivity index (χ4v) is 2.50. The lowest BCUT2D eigenvalue weighted by atomic mass is 10.1. The summed E-state index contributed by atoms with van der Waals surface area (Å²) >= 11 is 0. The minimum atomic E-state index is -0.528. The Morgan fingerprint density at radius 3 is 2.40 bits per heavy atom. The van der Waals surface area contributed by atoms with Crippen molar-refractivity contribution >= 4 is 5.91 Å². The summed E-state index contributed by atoms with van der Waals surface area (Å²) in [6.45, 7) is 5.76. The molecule has 0 fully saturated rings. The molecule has 0 N–H and O–H groups in total. The number of hydrogen-bond donors (Lipinski definition) is 0. The zero-order valence-electron chi connectivity index (χ0n) is 15.0. The summed E-state index contributed by atoms with van der Waals surface area (Å²) in [7, 11) is 1.69. The third-order valence-electron chi connectivity index (χ3n) is 4.31. The molecule has 0 saturated carbocycles. The first kappa shape index (κ1) is 18.4. The van der Waals surface area contributed by atoms with Crippen LogP contribution in [0.25, 0.3) is 0 Å². The van der Waals surface area contributed by atoms with E-state index < -0.39 is 5.56 Å². The van der Waals surface area contributed by atoms with Crippen molar-refractivity contribution in [3.63, 3.8) is 0 Å². The molecule has 0 atom stereocenters. The first-order valence-electron chi connectivity index (χ1n) is 8.17. The quantitative estimate of drug-likeness (QED) is 0.835. The Labute approximate surface area is 147 Å². The van der Waals surface area contributed by atoms with Crippen molar-refractivity contribution in [3.05, 3.63) is 62.6 Å². The van der Waals surface area contributed by atoms with E-state index >= 15 is 0 Å². The maximum absolute atomic E-state index is 12.4. The molecule has 2 aromatic rings. The molecule has 1 aromatic heterocycles. The summed E-state index contributed by atoms with van der Waals surface area (Å²) in [5.74, 6) is -0.235. The Morgan fingerprint density at radius 1 is 1.24 bits per heavy atom. The Hall–Kier alpha value is -2.94. The zero-order chi connectivity index (χ0) is 18.6. The highest BCUT2D eigenvalue weighted by Gasteiger charge is 2.16. The molecule has 1 aromatic carbocycles. The third-order valence-corrected chi connectivity index (χ3v) is 4.31. The lowest BCUT2D eigenvalue weighted by Crippen LogP contribution is -2.36. The molecule has 130 valence electrons. The van der Waals surface area contributed by atoms with Crippen LogP contribution in [-0.2, 0) is 24.3 Å². The zero-order valence-corrected chi connectivity index (χ0v) is 15.0. The molecule has 0 unspecified atom stereocenters. The van der Waals surface area contributed by atoms with Gasteiger partial charge in [0.25, 0.3) is 5.56 Å². The molecule has 1 heterocycles. The van der Waals surface area contributed by atoms with E-state index in [0.717, 1.165) is 16.7 Å². The highest BCUT2D eigenvalue weighted by molar-refractivity contribution is 5.75. The molecule has 6 nitrogen and oxygen atoms in total. The molecule has 0 aliphatic heterocycles. The van der Waals surface area contributed by atoms with E-state index in [4.69, 9.17) is 5.26 Å². The second-order valence-corrected chi connectivity index (χ2v) is 6.08. The van der Waals surface area contributed by atoms with Crippen molar-refractivity contribution < 1.29 is 4.79 Å². The van der Waals surface area contributed by atoms with E-state index in [-0.39, 0.29) is 18.0 Å². The third kappa shape index (κ3) is 4.13. The maximum atomic E-state index is 12.4. The van der Waals surface area contributed by atoms with Gasteiger partial charge >= 0.3 is 0 Å². The second-order valence-electron chi connectivity index (χ2n) is 6.08. The normalized spacial score (nSPS) is 10.4. The highest BCUT2D eigenvalue weighted by atomic mass is 16.2. The number of benzene rings is 1. The smallest absolute Gasteiger partial charge is 0.285 e. The topological polar surface area (TPSA) is 79.0 Å². The number of nitrogens with zero attached hydrogens (tertiary/aromatic N) is 4. The molecule has 2 rings (SSSR count). The maximum Gasteiger partial charge on any atom is 0.285 e. The molecule has 0 aliphatic rings. The standard InChI is InChI=1S/C19H22N4O2/c1-5-15-6-8-16(9-7-15)11-22(4)18(24)12-23-19(25)17(10-20)13(2)14(3)21-23/h6-9H,5,11-12H2,1-4H3. The lowest BCUT2D eigenvalue weighted by molar-refractivity contribution is -0.131. The summed E-state index contributed by atoms with van der Waals surface area (Å²) in [4.78, 5) is 26.3. The van der Waals surface area contributed by atoms with Gasteiger partial charge in [-0.15, -0.1) is 0 Å². The van der Waals surface area contributed by atoms with E-state index in [1.165, 1.54) is 5.56 Å². The Balaban J connectivity index is 2.15. The van der Waals surface area contributed by atoms with Crippen LogP contribution in [0.2, 0.25) is 0 Å². The summed E-state index contributed by atoms with van der Waals surface area (Å²) in [6, 6.07) is 9.98. The van der Waals surface area contributed by atoms with Crippen LogP contribution in [0.3, 0.4) is 0 Å². The van der Waals surface area contributed by atoms with Crippen LogP contribution in [0.15, 0.2) is 29.1 Å². The van der Waals surface area contributed by atoms with Gasteiger partial charge in [0.05, 0.1) is 5.69 Å². The summed E-state index contributed by atoms with van der Waals surface area (Å²) in [6.07, 6.45) is 0.970. The summed E-state index contributed by atoms with van der Waals surface area (Å²) in [5, 5.41) is 13.3. The second kappa shape index (κ2) is 7.75. The van der Waals surface area contributed by atoms with Crippen molar-refractivity contribution in [1.29, 1.82) is 5.26 Å². The largest absolute Gasteiger partial charge is 0.340 e. The number of nitriles is 1. The van der Waals surface area contributed by atoms with Gasteiger partial charge in [-0.1, -0.05) is 31.2 Å². The van der Waals surface area contributed by atoms with Gasteiger partial charge in [-0.2, -0.15) is 10.4 Å². The minimum Gasteiger partial charge on any atom is -0.340 e. The van der Waals surface area contributed by atoms with Crippen LogP contribution in [0.1, 0.15) is 34.9 Å². The molecule has 25 heavy (non-hydrogen) atoms. The van der Waals surface area contributed by atoms with Gasteiger partial charge in [-0.3, -0.25) is 9.59 Å². The van der Waals surface area contributed by atoms with Gasteiger partial charge in [0, 0.05) is 13.6 Å². The van der Waals surface area contributed by atoms with Crippen LogP contribution in [-0.4, -0.2) is 27.6 Å². The highest BCUT2D eigenvalue weighted by Crippen LogP contribution is 2.08. The molecular formula is C19H22N4O2. The Bertz CT molecular complexity index is 876. The van der Waals surface area contributed by atoms with Gasteiger partial charge in [-0.25, -0.2) is 4.68 Å². The van der Waals surface area contributed by atoms with E-state index in [1.807, 2.05) is 30.3 Å². The summed E-state index contributed by atoms with van der Waals surface area (Å²) < 4.78 is 1.07. The molecule has 0 spiro atoms. The fourth-order valence-electron chi connectivity index (χ4n) is 2.50. The van der Waals surface area contributed by atoms with Crippen LogP contribution in [0, 0.1) is 25.2 Å². The van der Waals surface area contributed by atoms with Gasteiger partial charge in [-0.05, 0) is 37.0 Å². The monoisotopic (exact) mass is 338 g/mol. The van der Waals surface area contributed by atoms with E-state index in [2.05, 4.69) is 12.0 Å². The average Bonchev–Trinajstić information content (AvgIpc) is 2.60. The van der Waals surface area contributed by atoms with Gasteiger partial charge in [0.1, 0.15) is 18.2 Å². The van der Waals surface area contributed by atoms with Gasteiger partial charge in [0.15, 0.2) is 0 Å². The number of aromatic nitrogens is 2. The molecule has 6 heteroatoms. The van der Waals surface area contributed by atoms with E-state index in [1.54, 1.807) is 25.8 Å². The van der Waals surface area contributed by atoms with Crippen molar-refractivity contribution in [2.75, 3.05) is 7.05 Å². The number of carbonyl (C=O) groups excluding carboxylic acids is 1. The van der Waals surface area contributed by atoms with Crippen LogP contribution >= 0.6 is 0 Å². The number of rotatable bonds is 5. The molecule has 1 amide bonds. The van der Waals surface area contributed by atoms with Crippen LogP contribution < -0.4 is 5.56 Å². The van der Waals surface area contributed by atoms with Crippen molar-refractivity contribution in [3.8, 4) is 6.07 Å². The summed E-state index contributed by atoms with van der Waals surface area (Å²) in [5.41, 5.74) is 2.90. The van der Waals surface area contributed by atoms with Crippen LogP contribution in [0.5, 0.6) is 0 Å². The van der Waals surface area contributed by atoms with Gasteiger partial charge < -0.3 is 4.90 Å². The Morgan fingerprint density at radius 2 is 1.84 bits per heavy atom. The van der Waals surface area contributed by atoms with E-state index in [0.29, 0.717) is 17.8 Å². The number of aryl methyl sites for hydroxylation is 2. The number of carbonyl (C=O) groups is 1. The van der Waals surface area contributed by atoms with Crippen molar-refractivity contribution in [1.82, 2.24) is 14.7 Å². The first-order valence-corrected chi connectivity index (χ1v) is 8.17. The lowest BCUT2D eigenvalue weighted by Gasteiger charge is -2.18. The number of likely N-dealkylation sites (N-methyl/N-ethyl adjacent to an activating group) is 1. The molecule has 0 aliphatic carbocycles. The molecule has 0 radical (unpaired) electrons. The minimum absolute atomic E-state index is 0.0399. The average molecular weight is 338 g/mol. The predicted molar refractivity (Wildman–Crippen MR) is 95.0 cm³/mol. The molecular weight excluding hydrogens is 316 g/mol. The molecule has 0 bridgehead atoms. The van der Waals surface area contributed by atoms with E-state index in [9.17, 15) is 9.59 Å².